The van der Waals surface area contributed by atoms with Crippen molar-refractivity contribution in [2.45, 2.75) is 51.6 Å². The summed E-state index contributed by atoms with van der Waals surface area (Å²) in [5.74, 6) is -0.685. The summed E-state index contributed by atoms with van der Waals surface area (Å²) in [4.78, 5) is 16.5. The molecule has 2 unspecified atom stereocenters. The summed E-state index contributed by atoms with van der Waals surface area (Å²) in [7, 11) is -10.9. The number of sulfone groups is 1. The van der Waals surface area contributed by atoms with Gasteiger partial charge < -0.3 is 25.5 Å². The molecule has 0 aromatic heterocycles. The number of anilines is 2. The van der Waals surface area contributed by atoms with Crippen LogP contribution in [0.15, 0.2) is 136 Å². The van der Waals surface area contributed by atoms with Crippen molar-refractivity contribution in [2.24, 2.45) is 11.3 Å². The van der Waals surface area contributed by atoms with Crippen molar-refractivity contribution in [1.82, 2.24) is 14.9 Å². The lowest BCUT2D eigenvalue weighted by atomic mass is 9.74. The normalized spacial score (nSPS) is 17.8. The van der Waals surface area contributed by atoms with Crippen molar-refractivity contribution in [1.29, 1.82) is 0 Å². The molecule has 5 aromatic rings. The van der Waals surface area contributed by atoms with Gasteiger partial charge in [-0.1, -0.05) is 66.2 Å². The number of thioether (sulfide) groups is 1. The second-order valence-corrected chi connectivity index (χ2v) is 22.1. The zero-order valence-electron chi connectivity index (χ0n) is 35.2. The van der Waals surface area contributed by atoms with Crippen LogP contribution in [0, 0.1) is 11.3 Å². The molecule has 3 saturated heterocycles. The first kappa shape index (κ1) is 46.9. The van der Waals surface area contributed by atoms with Gasteiger partial charge in [-0.3, -0.25) is 4.79 Å². The molecule has 3 fully saturated rings. The number of carbonyl (C=O) groups is 1. The molecule has 0 aliphatic carbocycles. The largest absolute Gasteiger partial charge is 0.501 e. The standard InChI is InChI=1S/C47H49ClF3N5O6S3/c48-35-14-10-32(11-15-35)40-8-4-5-9-41(40)44(57)33-20-24-56(25-21-33)37-16-12-34(13-17-37)45(58)54-65(61,62)39-18-19-42(43(26-39)64(59,60)47(49,50)51)53-36(27-63-38-6-2-1-3-7-38)22-23-55-30-46(31-55)28-52-29-46/h1-19,26,33,36,44,52-53,57H,20-25,27-31H2,(H,54,58). The molecular weight excluding hydrogens is 919 g/mol. The Balaban J connectivity index is 0.930. The Morgan fingerprint density at radius 3 is 2.18 bits per heavy atom. The number of aliphatic hydroxyl groups is 1. The number of piperidine rings is 1. The van der Waals surface area contributed by atoms with E-state index in [9.17, 15) is 39.9 Å². The monoisotopic (exact) mass is 967 g/mol. The number of hydrogen-bond donors (Lipinski definition) is 4. The average molecular weight is 969 g/mol. The van der Waals surface area contributed by atoms with Crippen LogP contribution in [0.1, 0.15) is 41.3 Å². The first-order valence-electron chi connectivity index (χ1n) is 21.3. The van der Waals surface area contributed by atoms with Crippen LogP contribution < -0.4 is 20.3 Å². The number of benzene rings is 5. The van der Waals surface area contributed by atoms with Gasteiger partial charge in [0.25, 0.3) is 25.8 Å². The summed E-state index contributed by atoms with van der Waals surface area (Å²) in [5, 5.41) is 18.4. The third-order valence-electron chi connectivity index (χ3n) is 12.5. The van der Waals surface area contributed by atoms with E-state index in [2.05, 4.69) is 20.4 Å². The SMILES string of the molecule is O=C(NS(=O)(=O)c1ccc(NC(CCN2CC3(CNC3)C2)CSc2ccccc2)c(S(=O)(=O)C(F)(F)F)c1)c1ccc(N2CCC(C(O)c3ccccc3-c3ccc(Cl)cc3)CC2)cc1. The zero-order chi connectivity index (χ0) is 46.0. The molecule has 18 heteroatoms. The highest BCUT2D eigenvalue weighted by atomic mass is 35.5. The summed E-state index contributed by atoms with van der Waals surface area (Å²) in [5.41, 5.74) is -2.43. The number of alkyl halides is 3. The summed E-state index contributed by atoms with van der Waals surface area (Å²) in [6, 6.07) is 32.7. The number of halogens is 4. The average Bonchev–Trinajstić information content (AvgIpc) is 3.27. The number of amides is 1. The zero-order valence-corrected chi connectivity index (χ0v) is 38.4. The van der Waals surface area contributed by atoms with E-state index in [-0.39, 0.29) is 16.9 Å². The molecule has 1 amide bonds. The number of rotatable bonds is 16. The Morgan fingerprint density at radius 1 is 0.877 bits per heavy atom. The Bertz CT molecular complexity index is 2690. The second kappa shape index (κ2) is 19.3. The summed E-state index contributed by atoms with van der Waals surface area (Å²) in [6.45, 7) is 5.51. The van der Waals surface area contributed by atoms with Crippen LogP contribution in [0.25, 0.3) is 11.1 Å². The molecule has 3 heterocycles. The lowest BCUT2D eigenvalue weighted by Crippen LogP contribution is -2.71. The molecule has 65 heavy (non-hydrogen) atoms. The predicted molar refractivity (Wildman–Crippen MR) is 248 cm³/mol. The van der Waals surface area contributed by atoms with Crippen LogP contribution in [-0.2, 0) is 19.9 Å². The van der Waals surface area contributed by atoms with E-state index in [4.69, 9.17) is 11.6 Å². The first-order valence-corrected chi connectivity index (χ1v) is 25.6. The van der Waals surface area contributed by atoms with Crippen LogP contribution in [-0.4, -0.2) is 95.9 Å². The fourth-order valence-corrected chi connectivity index (χ4v) is 11.9. The lowest BCUT2D eigenvalue weighted by Gasteiger charge is -2.56. The van der Waals surface area contributed by atoms with Crippen molar-refractivity contribution in [3.05, 3.63) is 137 Å². The van der Waals surface area contributed by atoms with Crippen molar-refractivity contribution in [2.75, 3.05) is 61.8 Å². The first-order chi connectivity index (χ1) is 31.0. The summed E-state index contributed by atoms with van der Waals surface area (Å²) in [6.07, 6.45) is 1.14. The third-order valence-corrected chi connectivity index (χ3v) is 16.7. The Hall–Kier alpha value is -4.62. The van der Waals surface area contributed by atoms with Gasteiger partial charge in [-0.2, -0.15) is 13.2 Å². The van der Waals surface area contributed by atoms with Gasteiger partial charge in [0.05, 0.1) is 16.7 Å². The Morgan fingerprint density at radius 2 is 1.54 bits per heavy atom. The van der Waals surface area contributed by atoms with E-state index in [1.165, 1.54) is 23.9 Å². The predicted octanol–water partition coefficient (Wildman–Crippen LogP) is 8.24. The van der Waals surface area contributed by atoms with Gasteiger partial charge in [0.2, 0.25) is 0 Å². The molecule has 0 saturated carbocycles. The van der Waals surface area contributed by atoms with Crippen LogP contribution in [0.2, 0.25) is 5.02 Å². The number of hydrogen-bond acceptors (Lipinski definition) is 11. The lowest BCUT2D eigenvalue weighted by molar-refractivity contribution is -0.0435. The quantitative estimate of drug-likeness (QED) is 0.0710. The molecule has 2 atom stereocenters. The maximum atomic E-state index is 14.2. The number of nitrogens with one attached hydrogen (secondary N) is 3. The van der Waals surface area contributed by atoms with Gasteiger partial charge in [0.1, 0.15) is 4.90 Å². The highest BCUT2D eigenvalue weighted by Gasteiger charge is 2.49. The molecule has 4 N–H and O–H groups in total. The number of likely N-dealkylation sites (tertiary alicyclic amines) is 1. The van der Waals surface area contributed by atoms with Crippen molar-refractivity contribution in [3.63, 3.8) is 0 Å². The number of nitrogens with zero attached hydrogens (tertiary/aromatic N) is 2. The van der Waals surface area contributed by atoms with Gasteiger partial charge in [0, 0.05) is 84.2 Å². The highest BCUT2D eigenvalue weighted by Crippen LogP contribution is 2.40. The summed E-state index contributed by atoms with van der Waals surface area (Å²) >= 11 is 7.56. The maximum absolute atomic E-state index is 14.2. The second-order valence-electron chi connectivity index (χ2n) is 17.0. The number of aliphatic hydroxyl groups excluding tert-OH is 1. The van der Waals surface area contributed by atoms with Gasteiger partial charge in [-0.05, 0) is 109 Å². The van der Waals surface area contributed by atoms with Crippen LogP contribution in [0.4, 0.5) is 24.5 Å². The molecule has 3 aliphatic heterocycles. The molecule has 11 nitrogen and oxygen atoms in total. The van der Waals surface area contributed by atoms with E-state index in [1.54, 1.807) is 12.1 Å². The van der Waals surface area contributed by atoms with E-state index in [0.29, 0.717) is 55.7 Å². The molecule has 0 bridgehead atoms. The fraction of sp³-hybridized carbons (Fsp3) is 0.340. The van der Waals surface area contributed by atoms with Gasteiger partial charge >= 0.3 is 5.51 Å². The van der Waals surface area contributed by atoms with Crippen LogP contribution in [0.3, 0.4) is 0 Å². The van der Waals surface area contributed by atoms with Crippen LogP contribution >= 0.6 is 23.4 Å². The number of carbonyl (C=O) groups excluding carboxylic acids is 1. The van der Waals surface area contributed by atoms with Crippen molar-refractivity contribution in [3.8, 4) is 11.1 Å². The van der Waals surface area contributed by atoms with Gasteiger partial charge in [-0.25, -0.2) is 21.6 Å². The summed E-state index contributed by atoms with van der Waals surface area (Å²) < 4.78 is 97.7. The topological polar surface area (TPSA) is 148 Å². The van der Waals surface area contributed by atoms with Gasteiger partial charge in [-0.15, -0.1) is 11.8 Å². The molecule has 3 aliphatic rings. The molecule has 8 rings (SSSR count). The van der Waals surface area contributed by atoms with Gasteiger partial charge in [0.15, 0.2) is 0 Å². The highest BCUT2D eigenvalue weighted by molar-refractivity contribution is 7.99. The number of sulfonamides is 1. The van der Waals surface area contributed by atoms with Crippen LogP contribution in [0.5, 0.6) is 0 Å². The van der Waals surface area contributed by atoms with E-state index < -0.39 is 58.9 Å². The third kappa shape index (κ3) is 10.7. The van der Waals surface area contributed by atoms with E-state index >= 15 is 0 Å². The molecule has 5 aromatic carbocycles. The van der Waals surface area contributed by atoms with E-state index in [0.717, 1.165) is 65.6 Å². The smallest absolute Gasteiger partial charge is 0.388 e. The minimum Gasteiger partial charge on any atom is -0.388 e. The van der Waals surface area contributed by atoms with E-state index in [1.807, 2.05) is 83.6 Å². The maximum Gasteiger partial charge on any atom is 0.501 e. The minimum atomic E-state index is -6.06. The Labute approximate surface area is 386 Å². The molecular formula is C47H49ClF3N5O6S3. The molecule has 344 valence electrons. The molecule has 1 spiro atoms. The minimum absolute atomic E-state index is 0.0145. The van der Waals surface area contributed by atoms with Crippen molar-refractivity contribution < 1.29 is 39.9 Å². The molecule has 0 radical (unpaired) electrons. The van der Waals surface area contributed by atoms with Crippen molar-refractivity contribution >= 4 is 60.5 Å². The fourth-order valence-electron chi connectivity index (χ4n) is 8.81. The Kier molecular flexibility index (Phi) is 13.9.